The Balaban J connectivity index is 2.44. The zero-order valence-electron chi connectivity index (χ0n) is 13.6. The molecule has 0 spiro atoms. The molecule has 1 saturated carbocycles. The molecule has 0 radical (unpaired) electrons. The van der Waals surface area contributed by atoms with E-state index in [2.05, 4.69) is 0 Å². The van der Waals surface area contributed by atoms with Gasteiger partial charge in [0.2, 0.25) is 0 Å². The minimum atomic E-state index is -0.651. The summed E-state index contributed by atoms with van der Waals surface area (Å²) in [7, 11) is 1.63. The number of methoxy groups -OCH3 is 1. The highest BCUT2D eigenvalue weighted by atomic mass is 16.5. The lowest BCUT2D eigenvalue weighted by atomic mass is 9.78. The lowest BCUT2D eigenvalue weighted by Gasteiger charge is -2.36. The van der Waals surface area contributed by atoms with Crippen LogP contribution in [0.4, 0.5) is 0 Å². The molecule has 0 unspecified atom stereocenters. The largest absolute Gasteiger partial charge is 0.496 e. The van der Waals surface area contributed by atoms with Gasteiger partial charge in [0.25, 0.3) is 0 Å². The minimum Gasteiger partial charge on any atom is -0.496 e. The number of ketones is 1. The van der Waals surface area contributed by atoms with Gasteiger partial charge in [-0.3, -0.25) is 4.79 Å². The van der Waals surface area contributed by atoms with Crippen LogP contribution in [0.25, 0.3) is 0 Å². The second-order valence-corrected chi connectivity index (χ2v) is 5.91. The number of hydrogen-bond acceptors (Lipinski definition) is 3. The van der Waals surface area contributed by atoms with Gasteiger partial charge in [-0.2, -0.15) is 0 Å². The van der Waals surface area contributed by atoms with Crippen LogP contribution in [0.1, 0.15) is 60.5 Å². The molecular formula is C18H26O3. The fraction of sp³-hybridized carbons (Fsp3) is 0.611. The van der Waals surface area contributed by atoms with E-state index in [1.165, 1.54) is 6.42 Å². The van der Waals surface area contributed by atoms with E-state index in [9.17, 15) is 4.79 Å². The Bertz CT molecular complexity index is 508. The number of hydrogen-bond donors (Lipinski definition) is 0. The summed E-state index contributed by atoms with van der Waals surface area (Å²) in [4.78, 5) is 13.1. The molecule has 21 heavy (non-hydrogen) atoms. The number of ether oxygens (including phenoxy) is 2. The van der Waals surface area contributed by atoms with E-state index in [4.69, 9.17) is 9.47 Å². The summed E-state index contributed by atoms with van der Waals surface area (Å²) in [5.74, 6) is 0.786. The molecule has 1 aromatic carbocycles. The van der Waals surface area contributed by atoms with Crippen molar-refractivity contribution in [2.24, 2.45) is 0 Å². The Morgan fingerprint density at radius 2 is 1.86 bits per heavy atom. The molecule has 0 amide bonds. The highest BCUT2D eigenvalue weighted by Crippen LogP contribution is 2.38. The SMILES string of the molecule is CCOC1(C(=O)c2ccc(C)c(C)c2OC)CCCCC1. The van der Waals surface area contributed by atoms with Crippen LogP contribution in [0, 0.1) is 13.8 Å². The van der Waals surface area contributed by atoms with Crippen molar-refractivity contribution in [3.63, 3.8) is 0 Å². The van der Waals surface area contributed by atoms with Crippen molar-refractivity contribution in [3.05, 3.63) is 28.8 Å². The molecule has 1 fully saturated rings. The summed E-state index contributed by atoms with van der Waals surface area (Å²) >= 11 is 0. The number of carbonyl (C=O) groups excluding carboxylic acids is 1. The summed E-state index contributed by atoms with van der Waals surface area (Å²) in [5, 5.41) is 0. The van der Waals surface area contributed by atoms with Crippen LogP contribution in [0.3, 0.4) is 0 Å². The Morgan fingerprint density at radius 3 is 2.43 bits per heavy atom. The van der Waals surface area contributed by atoms with Gasteiger partial charge in [0.1, 0.15) is 11.4 Å². The van der Waals surface area contributed by atoms with E-state index in [0.717, 1.165) is 36.8 Å². The van der Waals surface area contributed by atoms with E-state index >= 15 is 0 Å². The molecule has 0 aliphatic heterocycles. The van der Waals surface area contributed by atoms with Gasteiger partial charge in [0.05, 0.1) is 12.7 Å². The van der Waals surface area contributed by atoms with Gasteiger partial charge in [-0.05, 0) is 50.8 Å². The first-order chi connectivity index (χ1) is 10.1. The number of carbonyl (C=O) groups is 1. The molecule has 3 nitrogen and oxygen atoms in total. The highest BCUT2D eigenvalue weighted by molar-refractivity contribution is 6.05. The Morgan fingerprint density at radius 1 is 1.19 bits per heavy atom. The maximum absolute atomic E-state index is 13.1. The van der Waals surface area contributed by atoms with Crippen LogP contribution >= 0.6 is 0 Å². The van der Waals surface area contributed by atoms with E-state index in [1.54, 1.807) is 7.11 Å². The van der Waals surface area contributed by atoms with Gasteiger partial charge in [0, 0.05) is 6.61 Å². The maximum Gasteiger partial charge on any atom is 0.198 e. The normalized spacial score (nSPS) is 17.5. The average molecular weight is 290 g/mol. The number of Topliss-reactive ketones (excluding diaryl/α,β-unsaturated/α-hetero) is 1. The van der Waals surface area contributed by atoms with Crippen molar-refractivity contribution in [2.75, 3.05) is 13.7 Å². The van der Waals surface area contributed by atoms with Gasteiger partial charge in [-0.1, -0.05) is 25.3 Å². The molecule has 116 valence electrons. The molecule has 0 atom stereocenters. The molecule has 1 aromatic rings. The van der Waals surface area contributed by atoms with Gasteiger partial charge in [-0.25, -0.2) is 0 Å². The van der Waals surface area contributed by atoms with Crippen LogP contribution in [0.2, 0.25) is 0 Å². The van der Waals surface area contributed by atoms with Crippen molar-refractivity contribution >= 4 is 5.78 Å². The van der Waals surface area contributed by atoms with E-state index in [1.807, 2.05) is 32.9 Å². The maximum atomic E-state index is 13.1. The van der Waals surface area contributed by atoms with Crippen molar-refractivity contribution in [1.29, 1.82) is 0 Å². The summed E-state index contributed by atoms with van der Waals surface area (Å²) < 4.78 is 11.5. The molecule has 2 rings (SSSR count). The van der Waals surface area contributed by atoms with Crippen LogP contribution in [0.5, 0.6) is 5.75 Å². The number of aryl methyl sites for hydroxylation is 1. The minimum absolute atomic E-state index is 0.0870. The summed E-state index contributed by atoms with van der Waals surface area (Å²) in [5.41, 5.74) is 2.18. The lowest BCUT2D eigenvalue weighted by Crippen LogP contribution is -2.43. The second kappa shape index (κ2) is 6.61. The monoisotopic (exact) mass is 290 g/mol. The number of rotatable bonds is 5. The van der Waals surface area contributed by atoms with Gasteiger partial charge < -0.3 is 9.47 Å². The molecule has 3 heteroatoms. The molecule has 1 aliphatic carbocycles. The molecule has 0 heterocycles. The standard InChI is InChI=1S/C18H26O3/c1-5-21-18(11-7-6-8-12-18)17(19)15-10-9-13(2)14(3)16(15)20-4/h9-10H,5-8,11-12H2,1-4H3. The summed E-state index contributed by atoms with van der Waals surface area (Å²) in [6.07, 6.45) is 4.93. The Hall–Kier alpha value is -1.35. The van der Waals surface area contributed by atoms with Gasteiger partial charge >= 0.3 is 0 Å². The van der Waals surface area contributed by atoms with Crippen molar-refractivity contribution in [2.45, 2.75) is 58.5 Å². The fourth-order valence-corrected chi connectivity index (χ4v) is 3.31. The van der Waals surface area contributed by atoms with Gasteiger partial charge in [0.15, 0.2) is 5.78 Å². The van der Waals surface area contributed by atoms with Crippen LogP contribution < -0.4 is 4.74 Å². The van der Waals surface area contributed by atoms with Crippen LogP contribution in [0.15, 0.2) is 12.1 Å². The first-order valence-corrected chi connectivity index (χ1v) is 7.88. The smallest absolute Gasteiger partial charge is 0.198 e. The molecule has 0 saturated heterocycles. The fourth-order valence-electron chi connectivity index (χ4n) is 3.31. The number of benzene rings is 1. The van der Waals surface area contributed by atoms with Crippen molar-refractivity contribution in [1.82, 2.24) is 0 Å². The quantitative estimate of drug-likeness (QED) is 0.761. The van der Waals surface area contributed by atoms with Crippen LogP contribution in [-0.2, 0) is 4.74 Å². The third-order valence-corrected chi connectivity index (χ3v) is 4.62. The predicted molar refractivity (Wildman–Crippen MR) is 84.2 cm³/mol. The van der Waals surface area contributed by atoms with E-state index in [0.29, 0.717) is 17.9 Å². The lowest BCUT2D eigenvalue weighted by molar-refractivity contribution is -0.0412. The van der Waals surface area contributed by atoms with Crippen molar-refractivity contribution < 1.29 is 14.3 Å². The molecule has 0 aromatic heterocycles. The van der Waals surface area contributed by atoms with E-state index < -0.39 is 5.60 Å². The van der Waals surface area contributed by atoms with Crippen molar-refractivity contribution in [3.8, 4) is 5.75 Å². The second-order valence-electron chi connectivity index (χ2n) is 5.91. The first kappa shape index (κ1) is 16.0. The molecule has 1 aliphatic rings. The van der Waals surface area contributed by atoms with Crippen LogP contribution in [-0.4, -0.2) is 25.1 Å². The first-order valence-electron chi connectivity index (χ1n) is 7.88. The Kier molecular flexibility index (Phi) is 5.04. The topological polar surface area (TPSA) is 35.5 Å². The third-order valence-electron chi connectivity index (χ3n) is 4.62. The summed E-state index contributed by atoms with van der Waals surface area (Å²) in [6, 6.07) is 3.88. The molecule has 0 bridgehead atoms. The highest BCUT2D eigenvalue weighted by Gasteiger charge is 2.41. The molecule has 0 N–H and O–H groups in total. The zero-order valence-corrected chi connectivity index (χ0v) is 13.6. The summed E-state index contributed by atoms with van der Waals surface area (Å²) in [6.45, 7) is 6.56. The zero-order chi connectivity index (χ0) is 15.5. The third kappa shape index (κ3) is 2.98. The predicted octanol–water partition coefficient (Wildman–Crippen LogP) is 4.23. The average Bonchev–Trinajstić information content (AvgIpc) is 2.50. The Labute approximate surface area is 127 Å². The van der Waals surface area contributed by atoms with E-state index in [-0.39, 0.29) is 5.78 Å². The molecular weight excluding hydrogens is 264 g/mol. The van der Waals surface area contributed by atoms with Gasteiger partial charge in [-0.15, -0.1) is 0 Å².